The Morgan fingerprint density at radius 1 is 1.26 bits per heavy atom. The maximum Gasteiger partial charge on any atom is 0.234 e. The highest BCUT2D eigenvalue weighted by molar-refractivity contribution is 5.78. The van der Waals surface area contributed by atoms with Crippen molar-refractivity contribution >= 4 is 5.91 Å². The van der Waals surface area contributed by atoms with Gasteiger partial charge < -0.3 is 11.1 Å². The molecule has 0 atom stereocenters. The van der Waals surface area contributed by atoms with Gasteiger partial charge in [-0.3, -0.25) is 9.69 Å². The summed E-state index contributed by atoms with van der Waals surface area (Å²) in [7, 11) is 0. The molecule has 0 heterocycles. The average molecular weight is 269 g/mol. The largest absolute Gasteiger partial charge is 0.350 e. The van der Waals surface area contributed by atoms with E-state index in [1.807, 2.05) is 20.8 Å². The molecule has 112 valence electrons. The predicted molar refractivity (Wildman–Crippen MR) is 80.0 cm³/mol. The average Bonchev–Trinajstić information content (AvgIpc) is 2.27. The zero-order chi connectivity index (χ0) is 14.5. The molecule has 4 nitrogen and oxygen atoms in total. The number of hydrogen-bond donors (Lipinski definition) is 2. The van der Waals surface area contributed by atoms with Gasteiger partial charge in [-0.05, 0) is 59.4 Å². The standard InChI is InChI=1S/C15H31N3O/c1-5-10-18(11-14(19)17-15(2,3)4)13-8-6-12(16)7-9-13/h12-13H,5-11,16H2,1-4H3,(H,17,19). The van der Waals surface area contributed by atoms with Crippen LogP contribution in [0.3, 0.4) is 0 Å². The number of carbonyl (C=O) groups is 1. The quantitative estimate of drug-likeness (QED) is 0.801. The van der Waals surface area contributed by atoms with Crippen LogP contribution in [0.2, 0.25) is 0 Å². The van der Waals surface area contributed by atoms with Crippen molar-refractivity contribution in [1.82, 2.24) is 10.2 Å². The van der Waals surface area contributed by atoms with Crippen molar-refractivity contribution in [3.8, 4) is 0 Å². The molecule has 1 fully saturated rings. The number of rotatable bonds is 5. The Hall–Kier alpha value is -0.610. The van der Waals surface area contributed by atoms with Crippen LogP contribution in [0.15, 0.2) is 0 Å². The Bertz CT molecular complexity index is 278. The molecule has 1 aliphatic rings. The molecule has 0 saturated heterocycles. The second-order valence-electron chi connectivity index (χ2n) is 6.84. The molecule has 0 aliphatic heterocycles. The van der Waals surface area contributed by atoms with E-state index in [0.717, 1.165) is 38.6 Å². The van der Waals surface area contributed by atoms with E-state index >= 15 is 0 Å². The summed E-state index contributed by atoms with van der Waals surface area (Å²) in [5.41, 5.74) is 5.81. The summed E-state index contributed by atoms with van der Waals surface area (Å²) in [5.74, 6) is 0.135. The first-order valence-electron chi connectivity index (χ1n) is 7.62. The first-order chi connectivity index (χ1) is 8.81. The number of nitrogens with two attached hydrogens (primary N) is 1. The third-order valence-corrected chi connectivity index (χ3v) is 3.63. The summed E-state index contributed by atoms with van der Waals surface area (Å²) < 4.78 is 0. The van der Waals surface area contributed by atoms with Crippen LogP contribution in [0.5, 0.6) is 0 Å². The normalized spacial score (nSPS) is 24.5. The number of nitrogens with zero attached hydrogens (tertiary/aromatic N) is 1. The summed E-state index contributed by atoms with van der Waals surface area (Å²) >= 11 is 0. The minimum absolute atomic E-state index is 0.135. The maximum atomic E-state index is 12.1. The molecule has 1 aliphatic carbocycles. The minimum Gasteiger partial charge on any atom is -0.350 e. The van der Waals surface area contributed by atoms with Gasteiger partial charge in [-0.15, -0.1) is 0 Å². The predicted octanol–water partition coefficient (Wildman–Crippen LogP) is 1.88. The van der Waals surface area contributed by atoms with Crippen LogP contribution in [-0.2, 0) is 4.79 Å². The molecule has 4 heteroatoms. The lowest BCUT2D eigenvalue weighted by Gasteiger charge is -2.36. The highest BCUT2D eigenvalue weighted by atomic mass is 16.2. The lowest BCUT2D eigenvalue weighted by molar-refractivity contribution is -0.124. The smallest absolute Gasteiger partial charge is 0.234 e. The molecule has 0 aromatic heterocycles. The molecule has 1 saturated carbocycles. The van der Waals surface area contributed by atoms with E-state index in [4.69, 9.17) is 5.73 Å². The monoisotopic (exact) mass is 269 g/mol. The molecule has 1 amide bonds. The summed E-state index contributed by atoms with van der Waals surface area (Å²) in [6.45, 7) is 9.75. The van der Waals surface area contributed by atoms with Gasteiger partial charge in [0.1, 0.15) is 0 Å². The van der Waals surface area contributed by atoms with Crippen molar-refractivity contribution < 1.29 is 4.79 Å². The lowest BCUT2D eigenvalue weighted by Crippen LogP contribution is -2.49. The topological polar surface area (TPSA) is 58.4 Å². The second kappa shape index (κ2) is 7.25. The van der Waals surface area contributed by atoms with Crippen LogP contribution in [-0.4, -0.2) is 41.5 Å². The van der Waals surface area contributed by atoms with E-state index in [-0.39, 0.29) is 11.4 Å². The van der Waals surface area contributed by atoms with Gasteiger partial charge in [-0.1, -0.05) is 6.92 Å². The highest BCUT2D eigenvalue weighted by Gasteiger charge is 2.26. The van der Waals surface area contributed by atoms with Crippen LogP contribution in [0, 0.1) is 0 Å². The Morgan fingerprint density at radius 3 is 2.32 bits per heavy atom. The van der Waals surface area contributed by atoms with Gasteiger partial charge in [-0.25, -0.2) is 0 Å². The Kier molecular flexibility index (Phi) is 6.27. The summed E-state index contributed by atoms with van der Waals surface area (Å²) in [6, 6.07) is 0.897. The zero-order valence-corrected chi connectivity index (χ0v) is 13.0. The lowest BCUT2D eigenvalue weighted by atomic mass is 9.90. The fourth-order valence-corrected chi connectivity index (χ4v) is 2.79. The van der Waals surface area contributed by atoms with Crippen molar-refractivity contribution in [3.05, 3.63) is 0 Å². The van der Waals surface area contributed by atoms with Crippen molar-refractivity contribution in [2.45, 2.75) is 77.4 Å². The summed E-state index contributed by atoms with van der Waals surface area (Å²) in [4.78, 5) is 14.4. The maximum absolute atomic E-state index is 12.1. The third kappa shape index (κ3) is 6.39. The second-order valence-corrected chi connectivity index (χ2v) is 6.84. The Balaban J connectivity index is 2.50. The molecule has 0 aromatic rings. The third-order valence-electron chi connectivity index (χ3n) is 3.63. The number of amides is 1. The first-order valence-corrected chi connectivity index (χ1v) is 7.62. The molecular formula is C15H31N3O. The van der Waals surface area contributed by atoms with Crippen molar-refractivity contribution in [3.63, 3.8) is 0 Å². The summed E-state index contributed by atoms with van der Waals surface area (Å²) in [5, 5.41) is 3.05. The van der Waals surface area contributed by atoms with Gasteiger partial charge in [0, 0.05) is 17.6 Å². The van der Waals surface area contributed by atoms with Gasteiger partial charge in [0.25, 0.3) is 0 Å². The Morgan fingerprint density at radius 2 is 1.84 bits per heavy atom. The molecule has 1 rings (SSSR count). The highest BCUT2D eigenvalue weighted by Crippen LogP contribution is 2.22. The van der Waals surface area contributed by atoms with E-state index < -0.39 is 0 Å². The van der Waals surface area contributed by atoms with E-state index in [2.05, 4.69) is 17.1 Å². The molecule has 0 aromatic carbocycles. The van der Waals surface area contributed by atoms with Gasteiger partial charge in [0.05, 0.1) is 6.54 Å². The molecule has 0 radical (unpaired) electrons. The van der Waals surface area contributed by atoms with Gasteiger partial charge in [-0.2, -0.15) is 0 Å². The van der Waals surface area contributed by atoms with Crippen LogP contribution in [0.25, 0.3) is 0 Å². The minimum atomic E-state index is -0.149. The summed E-state index contributed by atoms with van der Waals surface area (Å²) in [6.07, 6.45) is 5.52. The zero-order valence-electron chi connectivity index (χ0n) is 13.0. The van der Waals surface area contributed by atoms with Crippen LogP contribution in [0.1, 0.15) is 59.8 Å². The molecule has 0 unspecified atom stereocenters. The fourth-order valence-electron chi connectivity index (χ4n) is 2.79. The number of carbonyl (C=O) groups excluding carboxylic acids is 1. The van der Waals surface area contributed by atoms with Crippen LogP contribution >= 0.6 is 0 Å². The number of hydrogen-bond acceptors (Lipinski definition) is 3. The van der Waals surface area contributed by atoms with Crippen LogP contribution in [0.4, 0.5) is 0 Å². The first kappa shape index (κ1) is 16.4. The fraction of sp³-hybridized carbons (Fsp3) is 0.933. The van der Waals surface area contributed by atoms with E-state index in [1.54, 1.807) is 0 Å². The molecule has 0 spiro atoms. The van der Waals surface area contributed by atoms with Gasteiger partial charge in [0.2, 0.25) is 5.91 Å². The van der Waals surface area contributed by atoms with Crippen molar-refractivity contribution in [2.24, 2.45) is 5.73 Å². The molecular weight excluding hydrogens is 238 g/mol. The number of nitrogens with one attached hydrogen (secondary N) is 1. The SMILES string of the molecule is CCCN(CC(=O)NC(C)(C)C)C1CCC(N)CC1. The van der Waals surface area contributed by atoms with Gasteiger partial charge >= 0.3 is 0 Å². The van der Waals surface area contributed by atoms with Crippen molar-refractivity contribution in [1.29, 1.82) is 0 Å². The molecule has 19 heavy (non-hydrogen) atoms. The molecule has 0 bridgehead atoms. The van der Waals surface area contributed by atoms with Crippen molar-refractivity contribution in [2.75, 3.05) is 13.1 Å². The molecule has 3 N–H and O–H groups in total. The Labute approximate surface area is 118 Å². The van der Waals surface area contributed by atoms with Gasteiger partial charge in [0.15, 0.2) is 0 Å². The van der Waals surface area contributed by atoms with E-state index in [0.29, 0.717) is 18.6 Å². The van der Waals surface area contributed by atoms with E-state index in [1.165, 1.54) is 0 Å². The van der Waals surface area contributed by atoms with Crippen LogP contribution < -0.4 is 11.1 Å². The van der Waals surface area contributed by atoms with E-state index in [9.17, 15) is 4.79 Å².